The number of aromatic hydroxyl groups is 1. The third-order valence-electron chi connectivity index (χ3n) is 2.04. The quantitative estimate of drug-likeness (QED) is 0.675. The molecule has 2 rings (SSSR count). The van der Waals surface area contributed by atoms with Crippen LogP contribution in [-0.4, -0.2) is 15.1 Å². The Labute approximate surface area is 93.0 Å². The molecule has 1 aromatic heterocycles. The summed E-state index contributed by atoms with van der Waals surface area (Å²) in [6.45, 7) is 0.496. The van der Waals surface area contributed by atoms with Crippen molar-refractivity contribution in [3.63, 3.8) is 0 Å². The second-order valence-corrected chi connectivity index (χ2v) is 3.30. The molecule has 0 spiro atoms. The number of rotatable bonds is 3. The molecule has 0 fully saturated rings. The van der Waals surface area contributed by atoms with Crippen LogP contribution < -0.4 is 11.1 Å². The van der Waals surface area contributed by atoms with Crippen LogP contribution in [0.2, 0.25) is 0 Å². The van der Waals surface area contributed by atoms with Gasteiger partial charge in [0.05, 0.1) is 6.54 Å². The molecule has 0 unspecified atom stereocenters. The Morgan fingerprint density at radius 1 is 1.19 bits per heavy atom. The standard InChI is InChI=1S/C11H12N4O/c12-10-5-6-13-11(15-10)7-14-8-1-3-9(16)4-2-8/h1-6,14,16H,7H2,(H2,12,13,15). The topological polar surface area (TPSA) is 84.1 Å². The maximum absolute atomic E-state index is 9.11. The molecule has 0 aliphatic carbocycles. The average Bonchev–Trinajstić information content (AvgIpc) is 2.28. The van der Waals surface area contributed by atoms with Gasteiger partial charge in [-0.15, -0.1) is 0 Å². The summed E-state index contributed by atoms with van der Waals surface area (Å²) in [5, 5.41) is 12.2. The van der Waals surface area contributed by atoms with Crippen LogP contribution in [0.15, 0.2) is 36.5 Å². The number of benzene rings is 1. The molecule has 0 saturated heterocycles. The third kappa shape index (κ3) is 2.60. The van der Waals surface area contributed by atoms with Gasteiger partial charge in [0.25, 0.3) is 0 Å². The summed E-state index contributed by atoms with van der Waals surface area (Å²) in [6.07, 6.45) is 1.62. The summed E-state index contributed by atoms with van der Waals surface area (Å²) in [6, 6.07) is 8.43. The minimum atomic E-state index is 0.241. The van der Waals surface area contributed by atoms with E-state index in [0.717, 1.165) is 5.69 Å². The monoisotopic (exact) mass is 216 g/mol. The highest BCUT2D eigenvalue weighted by atomic mass is 16.3. The predicted molar refractivity (Wildman–Crippen MR) is 61.9 cm³/mol. The van der Waals surface area contributed by atoms with E-state index >= 15 is 0 Å². The molecule has 1 heterocycles. The van der Waals surface area contributed by atoms with Crippen molar-refractivity contribution in [1.29, 1.82) is 0 Å². The van der Waals surface area contributed by atoms with E-state index in [2.05, 4.69) is 15.3 Å². The van der Waals surface area contributed by atoms with E-state index in [-0.39, 0.29) is 5.75 Å². The number of nitrogens with zero attached hydrogens (tertiary/aromatic N) is 2. The van der Waals surface area contributed by atoms with E-state index < -0.39 is 0 Å². The van der Waals surface area contributed by atoms with Crippen molar-refractivity contribution < 1.29 is 5.11 Å². The van der Waals surface area contributed by atoms with Gasteiger partial charge in [-0.05, 0) is 30.3 Å². The first-order valence-corrected chi connectivity index (χ1v) is 4.84. The van der Waals surface area contributed by atoms with Gasteiger partial charge in [-0.1, -0.05) is 0 Å². The molecule has 0 atom stereocenters. The van der Waals surface area contributed by atoms with Crippen LogP contribution in [0, 0.1) is 0 Å². The van der Waals surface area contributed by atoms with Gasteiger partial charge >= 0.3 is 0 Å². The number of aromatic nitrogens is 2. The average molecular weight is 216 g/mol. The molecule has 0 aliphatic rings. The maximum atomic E-state index is 9.11. The number of hydrogen-bond donors (Lipinski definition) is 3. The third-order valence-corrected chi connectivity index (χ3v) is 2.04. The summed E-state index contributed by atoms with van der Waals surface area (Å²) >= 11 is 0. The molecule has 0 radical (unpaired) electrons. The van der Waals surface area contributed by atoms with Crippen molar-refractivity contribution in [3.8, 4) is 5.75 Å². The fourth-order valence-electron chi connectivity index (χ4n) is 1.26. The lowest BCUT2D eigenvalue weighted by atomic mass is 10.3. The summed E-state index contributed by atoms with van der Waals surface area (Å²) in [5.74, 6) is 1.33. The number of phenolic OH excluding ortho intramolecular Hbond substituents is 1. The molecule has 0 bridgehead atoms. The summed E-state index contributed by atoms with van der Waals surface area (Å²) < 4.78 is 0. The normalized spacial score (nSPS) is 10.0. The molecule has 16 heavy (non-hydrogen) atoms. The SMILES string of the molecule is Nc1ccnc(CNc2ccc(O)cc2)n1. The highest BCUT2D eigenvalue weighted by molar-refractivity contribution is 5.46. The Morgan fingerprint density at radius 2 is 1.94 bits per heavy atom. The smallest absolute Gasteiger partial charge is 0.149 e. The largest absolute Gasteiger partial charge is 0.508 e. The van der Waals surface area contributed by atoms with Crippen LogP contribution in [0.4, 0.5) is 11.5 Å². The van der Waals surface area contributed by atoms with Crippen molar-refractivity contribution in [2.75, 3.05) is 11.1 Å². The summed E-state index contributed by atoms with van der Waals surface area (Å²) in [5.41, 5.74) is 6.43. The lowest BCUT2D eigenvalue weighted by molar-refractivity contribution is 0.475. The first-order valence-electron chi connectivity index (χ1n) is 4.84. The molecule has 2 aromatic rings. The minimum absolute atomic E-state index is 0.241. The van der Waals surface area contributed by atoms with Gasteiger partial charge in [0.15, 0.2) is 0 Å². The van der Waals surface area contributed by atoms with Crippen LogP contribution in [0.5, 0.6) is 5.75 Å². The highest BCUT2D eigenvalue weighted by Gasteiger charge is 1.97. The Bertz CT molecular complexity index is 470. The van der Waals surface area contributed by atoms with E-state index in [1.54, 1.807) is 36.5 Å². The van der Waals surface area contributed by atoms with E-state index in [9.17, 15) is 0 Å². The van der Waals surface area contributed by atoms with E-state index in [0.29, 0.717) is 18.2 Å². The zero-order chi connectivity index (χ0) is 11.4. The Hall–Kier alpha value is -2.30. The van der Waals surface area contributed by atoms with Gasteiger partial charge in [0.1, 0.15) is 17.4 Å². The van der Waals surface area contributed by atoms with Gasteiger partial charge in [-0.3, -0.25) is 0 Å². The van der Waals surface area contributed by atoms with E-state index in [1.165, 1.54) is 0 Å². The van der Waals surface area contributed by atoms with Gasteiger partial charge in [-0.25, -0.2) is 9.97 Å². The number of hydrogen-bond acceptors (Lipinski definition) is 5. The number of nitrogens with one attached hydrogen (secondary N) is 1. The Kier molecular flexibility index (Phi) is 2.86. The number of anilines is 2. The maximum Gasteiger partial charge on any atom is 0.149 e. The number of phenols is 1. The lowest BCUT2D eigenvalue weighted by Crippen LogP contribution is -2.05. The molecular weight excluding hydrogens is 204 g/mol. The van der Waals surface area contributed by atoms with Crippen LogP contribution in [-0.2, 0) is 6.54 Å². The number of nitrogens with two attached hydrogens (primary N) is 1. The van der Waals surface area contributed by atoms with Gasteiger partial charge in [0.2, 0.25) is 0 Å². The summed E-state index contributed by atoms with van der Waals surface area (Å²) in [4.78, 5) is 8.13. The zero-order valence-electron chi connectivity index (χ0n) is 8.59. The van der Waals surface area contributed by atoms with Crippen molar-refractivity contribution >= 4 is 11.5 Å². The van der Waals surface area contributed by atoms with Crippen molar-refractivity contribution in [2.45, 2.75) is 6.54 Å². The van der Waals surface area contributed by atoms with Crippen molar-refractivity contribution in [3.05, 3.63) is 42.4 Å². The lowest BCUT2D eigenvalue weighted by Gasteiger charge is -2.05. The Morgan fingerprint density at radius 3 is 2.62 bits per heavy atom. The first-order chi connectivity index (χ1) is 7.74. The molecule has 0 amide bonds. The molecule has 5 nitrogen and oxygen atoms in total. The minimum Gasteiger partial charge on any atom is -0.508 e. The first kappa shape index (κ1) is 10.2. The molecule has 1 aromatic carbocycles. The molecule has 5 heteroatoms. The van der Waals surface area contributed by atoms with E-state index in [4.69, 9.17) is 10.8 Å². The fraction of sp³-hybridized carbons (Fsp3) is 0.0909. The van der Waals surface area contributed by atoms with Crippen LogP contribution in [0.1, 0.15) is 5.82 Å². The fourth-order valence-corrected chi connectivity index (χ4v) is 1.26. The second-order valence-electron chi connectivity index (χ2n) is 3.30. The van der Waals surface area contributed by atoms with Gasteiger partial charge in [-0.2, -0.15) is 0 Å². The van der Waals surface area contributed by atoms with E-state index in [1.807, 2.05) is 0 Å². The van der Waals surface area contributed by atoms with Gasteiger partial charge in [0, 0.05) is 11.9 Å². The molecule has 82 valence electrons. The molecule has 0 aliphatic heterocycles. The van der Waals surface area contributed by atoms with Crippen LogP contribution in [0.25, 0.3) is 0 Å². The predicted octanol–water partition coefficient (Wildman–Crippen LogP) is 1.38. The summed E-state index contributed by atoms with van der Waals surface area (Å²) in [7, 11) is 0. The second kappa shape index (κ2) is 4.48. The zero-order valence-corrected chi connectivity index (χ0v) is 8.59. The molecule has 0 saturated carbocycles. The highest BCUT2D eigenvalue weighted by Crippen LogP contribution is 2.14. The van der Waals surface area contributed by atoms with Crippen molar-refractivity contribution in [2.24, 2.45) is 0 Å². The van der Waals surface area contributed by atoms with Gasteiger partial charge < -0.3 is 16.2 Å². The van der Waals surface area contributed by atoms with Crippen LogP contribution in [0.3, 0.4) is 0 Å². The molecular formula is C11H12N4O. The van der Waals surface area contributed by atoms with Crippen molar-refractivity contribution in [1.82, 2.24) is 9.97 Å². The van der Waals surface area contributed by atoms with Crippen LogP contribution >= 0.6 is 0 Å². The molecule has 4 N–H and O–H groups in total. The Balaban J connectivity index is 1.99. The number of nitrogen functional groups attached to an aromatic ring is 1.